The lowest BCUT2D eigenvalue weighted by Gasteiger charge is -2.13. The van der Waals surface area contributed by atoms with E-state index in [1.807, 2.05) is 0 Å². The van der Waals surface area contributed by atoms with Gasteiger partial charge in [0.1, 0.15) is 5.75 Å². The number of carbonyl (C=O) groups is 1. The van der Waals surface area contributed by atoms with Crippen molar-refractivity contribution in [2.24, 2.45) is 5.73 Å². The summed E-state index contributed by atoms with van der Waals surface area (Å²) >= 11 is 0. The number of aryl methyl sites for hydroxylation is 1. The first-order chi connectivity index (χ1) is 8.25. The van der Waals surface area contributed by atoms with Crippen molar-refractivity contribution in [3.63, 3.8) is 0 Å². The van der Waals surface area contributed by atoms with E-state index in [0.29, 0.717) is 12.3 Å². The molecule has 0 saturated carbocycles. The van der Waals surface area contributed by atoms with Crippen molar-refractivity contribution in [2.75, 3.05) is 6.61 Å². The summed E-state index contributed by atoms with van der Waals surface area (Å²) in [4.78, 5) is 10.9. The molecule has 0 fully saturated rings. The van der Waals surface area contributed by atoms with Gasteiger partial charge >= 0.3 is 0 Å². The molecule has 2 N–H and O–H groups in total. The van der Waals surface area contributed by atoms with E-state index < -0.39 is 0 Å². The summed E-state index contributed by atoms with van der Waals surface area (Å²) in [6.45, 7) is 0.800. The fourth-order valence-electron chi connectivity index (χ4n) is 3.16. The van der Waals surface area contributed by atoms with Crippen LogP contribution in [-0.4, -0.2) is 12.5 Å². The van der Waals surface area contributed by atoms with E-state index in [1.54, 1.807) is 0 Å². The summed E-state index contributed by atoms with van der Waals surface area (Å²) in [6.07, 6.45) is 4.68. The predicted molar refractivity (Wildman–Crippen MR) is 65.1 cm³/mol. The molecule has 90 valence electrons. The van der Waals surface area contributed by atoms with E-state index in [9.17, 15) is 4.79 Å². The third-order valence-corrected chi connectivity index (χ3v) is 3.92. The topological polar surface area (TPSA) is 52.3 Å². The smallest absolute Gasteiger partial charge is 0.217 e. The standard InChI is InChI=1S/C14H17NO2/c15-13(16)6-4-10-2-1-9-3-5-12-11(14(9)10)7-8-17-12/h3,5,10H,1-2,4,6-8H2,(H2,15,16). The Kier molecular flexibility index (Phi) is 2.54. The van der Waals surface area contributed by atoms with Gasteiger partial charge in [0.25, 0.3) is 0 Å². The number of amides is 1. The molecule has 1 aromatic rings. The summed E-state index contributed by atoms with van der Waals surface area (Å²) in [5.74, 6) is 1.37. The Labute approximate surface area is 101 Å². The monoisotopic (exact) mass is 231 g/mol. The number of benzene rings is 1. The second kappa shape index (κ2) is 4.06. The molecule has 0 radical (unpaired) electrons. The quantitative estimate of drug-likeness (QED) is 0.864. The number of hydrogen-bond donors (Lipinski definition) is 1. The average molecular weight is 231 g/mol. The van der Waals surface area contributed by atoms with Gasteiger partial charge in [-0.05, 0) is 42.4 Å². The number of rotatable bonds is 3. The summed E-state index contributed by atoms with van der Waals surface area (Å²) in [6, 6.07) is 4.28. The fourth-order valence-corrected chi connectivity index (χ4v) is 3.16. The van der Waals surface area contributed by atoms with Crippen molar-refractivity contribution in [1.29, 1.82) is 0 Å². The Balaban J connectivity index is 1.90. The lowest BCUT2D eigenvalue weighted by Crippen LogP contribution is -2.11. The minimum atomic E-state index is -0.192. The Morgan fingerprint density at radius 1 is 1.41 bits per heavy atom. The highest BCUT2D eigenvalue weighted by Crippen LogP contribution is 2.43. The lowest BCUT2D eigenvalue weighted by molar-refractivity contribution is -0.118. The predicted octanol–water partition coefficient (Wildman–Crippen LogP) is 1.92. The number of ether oxygens (including phenoxy) is 1. The molecule has 0 spiro atoms. The first-order valence-corrected chi connectivity index (χ1v) is 6.31. The highest BCUT2D eigenvalue weighted by atomic mass is 16.5. The Morgan fingerprint density at radius 2 is 2.29 bits per heavy atom. The van der Waals surface area contributed by atoms with Crippen molar-refractivity contribution >= 4 is 5.91 Å². The molecule has 1 aromatic carbocycles. The van der Waals surface area contributed by atoms with Crippen LogP contribution in [0.25, 0.3) is 0 Å². The number of fused-ring (bicyclic) bond motifs is 3. The van der Waals surface area contributed by atoms with E-state index >= 15 is 0 Å². The summed E-state index contributed by atoms with van der Waals surface area (Å²) < 4.78 is 5.61. The van der Waals surface area contributed by atoms with Gasteiger partial charge in [-0.25, -0.2) is 0 Å². The maximum Gasteiger partial charge on any atom is 0.217 e. The van der Waals surface area contributed by atoms with Crippen LogP contribution in [0.2, 0.25) is 0 Å². The van der Waals surface area contributed by atoms with Crippen molar-refractivity contribution < 1.29 is 9.53 Å². The van der Waals surface area contributed by atoms with Crippen LogP contribution in [0.1, 0.15) is 41.9 Å². The van der Waals surface area contributed by atoms with Crippen LogP contribution >= 0.6 is 0 Å². The normalized spacial score (nSPS) is 20.8. The molecule has 0 aromatic heterocycles. The molecule has 2 aliphatic rings. The van der Waals surface area contributed by atoms with Crippen LogP contribution in [0.15, 0.2) is 12.1 Å². The fraction of sp³-hybridized carbons (Fsp3) is 0.500. The zero-order valence-corrected chi connectivity index (χ0v) is 9.87. The van der Waals surface area contributed by atoms with E-state index in [0.717, 1.165) is 38.0 Å². The molecule has 3 heteroatoms. The van der Waals surface area contributed by atoms with Gasteiger partial charge in [0.15, 0.2) is 0 Å². The van der Waals surface area contributed by atoms with Crippen molar-refractivity contribution in [1.82, 2.24) is 0 Å². The largest absolute Gasteiger partial charge is 0.493 e. The number of primary amides is 1. The number of carbonyl (C=O) groups excluding carboxylic acids is 1. The first kappa shape index (κ1) is 10.6. The second-order valence-corrected chi connectivity index (χ2v) is 4.95. The Hall–Kier alpha value is -1.51. The minimum Gasteiger partial charge on any atom is -0.493 e. The van der Waals surface area contributed by atoms with E-state index in [4.69, 9.17) is 10.5 Å². The Bertz CT molecular complexity index is 468. The van der Waals surface area contributed by atoms with Crippen LogP contribution in [0.3, 0.4) is 0 Å². The van der Waals surface area contributed by atoms with Gasteiger partial charge in [0.2, 0.25) is 5.91 Å². The van der Waals surface area contributed by atoms with Crippen LogP contribution in [0.4, 0.5) is 0 Å². The van der Waals surface area contributed by atoms with Gasteiger partial charge < -0.3 is 10.5 Å². The van der Waals surface area contributed by atoms with Gasteiger partial charge in [-0.2, -0.15) is 0 Å². The molecule has 0 saturated heterocycles. The molecule has 1 heterocycles. The summed E-state index contributed by atoms with van der Waals surface area (Å²) in [5.41, 5.74) is 9.53. The molecule has 3 nitrogen and oxygen atoms in total. The van der Waals surface area contributed by atoms with Gasteiger partial charge in [-0.15, -0.1) is 0 Å². The van der Waals surface area contributed by atoms with Crippen molar-refractivity contribution in [3.8, 4) is 5.75 Å². The van der Waals surface area contributed by atoms with Crippen LogP contribution < -0.4 is 10.5 Å². The maximum absolute atomic E-state index is 10.9. The minimum absolute atomic E-state index is 0.192. The molecular weight excluding hydrogens is 214 g/mol. The lowest BCUT2D eigenvalue weighted by atomic mass is 9.91. The molecular formula is C14H17NO2. The maximum atomic E-state index is 10.9. The van der Waals surface area contributed by atoms with Crippen molar-refractivity contribution in [2.45, 2.75) is 38.0 Å². The zero-order chi connectivity index (χ0) is 11.8. The van der Waals surface area contributed by atoms with Gasteiger partial charge in [-0.3, -0.25) is 4.79 Å². The average Bonchev–Trinajstić information content (AvgIpc) is 2.91. The summed E-state index contributed by atoms with van der Waals surface area (Å²) in [5, 5.41) is 0. The highest BCUT2D eigenvalue weighted by molar-refractivity contribution is 5.73. The van der Waals surface area contributed by atoms with Crippen LogP contribution in [0, 0.1) is 0 Å². The Morgan fingerprint density at radius 3 is 3.12 bits per heavy atom. The second-order valence-electron chi connectivity index (χ2n) is 4.95. The highest BCUT2D eigenvalue weighted by Gasteiger charge is 2.29. The molecule has 1 aliphatic carbocycles. The first-order valence-electron chi connectivity index (χ1n) is 6.31. The van der Waals surface area contributed by atoms with Crippen LogP contribution in [0.5, 0.6) is 5.75 Å². The van der Waals surface area contributed by atoms with E-state index in [2.05, 4.69) is 12.1 Å². The molecule has 17 heavy (non-hydrogen) atoms. The van der Waals surface area contributed by atoms with Gasteiger partial charge in [0, 0.05) is 18.4 Å². The number of nitrogens with two attached hydrogens (primary N) is 1. The molecule has 1 aliphatic heterocycles. The number of hydrogen-bond acceptors (Lipinski definition) is 2. The van der Waals surface area contributed by atoms with E-state index in [1.165, 1.54) is 16.7 Å². The molecule has 1 unspecified atom stereocenters. The SMILES string of the molecule is NC(=O)CCC1CCc2ccc3c(c21)CCO3. The zero-order valence-electron chi connectivity index (χ0n) is 9.87. The third kappa shape index (κ3) is 1.79. The molecule has 1 amide bonds. The van der Waals surface area contributed by atoms with Gasteiger partial charge in [0.05, 0.1) is 6.61 Å². The van der Waals surface area contributed by atoms with Crippen LogP contribution in [-0.2, 0) is 17.6 Å². The molecule has 0 bridgehead atoms. The van der Waals surface area contributed by atoms with E-state index in [-0.39, 0.29) is 5.91 Å². The van der Waals surface area contributed by atoms with Gasteiger partial charge in [-0.1, -0.05) is 6.07 Å². The third-order valence-electron chi connectivity index (χ3n) is 3.92. The molecule has 1 atom stereocenters. The summed E-state index contributed by atoms with van der Waals surface area (Å²) in [7, 11) is 0. The van der Waals surface area contributed by atoms with Crippen molar-refractivity contribution in [3.05, 3.63) is 28.8 Å². The molecule has 3 rings (SSSR count).